The summed E-state index contributed by atoms with van der Waals surface area (Å²) < 4.78 is 0. The average Bonchev–Trinajstić information content (AvgIpc) is 2.02. The van der Waals surface area contributed by atoms with E-state index in [-0.39, 0.29) is 11.7 Å². The maximum absolute atomic E-state index is 11.4. The van der Waals surface area contributed by atoms with Gasteiger partial charge in [-0.15, -0.1) is 0 Å². The summed E-state index contributed by atoms with van der Waals surface area (Å²) in [6.45, 7) is 12.4. The minimum atomic E-state index is 0.0902. The molecule has 2 heteroatoms. The van der Waals surface area contributed by atoms with Gasteiger partial charge in [0.2, 0.25) is 0 Å². The molecule has 0 saturated carbocycles. The molecule has 0 aliphatic rings. The molecule has 0 unspecified atom stereocenters. The molecule has 14 heavy (non-hydrogen) atoms. The maximum atomic E-state index is 11.4. The zero-order valence-corrected chi connectivity index (χ0v) is 10.2. The summed E-state index contributed by atoms with van der Waals surface area (Å²) >= 11 is 0. The van der Waals surface area contributed by atoms with Gasteiger partial charge < -0.3 is 4.90 Å². The van der Waals surface area contributed by atoms with Crippen molar-refractivity contribution in [3.8, 4) is 0 Å². The third kappa shape index (κ3) is 4.45. The van der Waals surface area contributed by atoms with Crippen LogP contribution in [0, 0.1) is 5.92 Å². The van der Waals surface area contributed by atoms with Crippen LogP contribution in [0.2, 0.25) is 0 Å². The summed E-state index contributed by atoms with van der Waals surface area (Å²) in [5.41, 5.74) is 0. The van der Waals surface area contributed by atoms with Gasteiger partial charge >= 0.3 is 0 Å². The Labute approximate surface area is 88.0 Å². The summed E-state index contributed by atoms with van der Waals surface area (Å²) in [6, 6.07) is 0.873. The van der Waals surface area contributed by atoms with Gasteiger partial charge in [0.05, 0.1) is 0 Å². The van der Waals surface area contributed by atoms with Crippen molar-refractivity contribution >= 4 is 5.78 Å². The summed E-state index contributed by atoms with van der Waals surface area (Å²) in [5.74, 6) is 0.281. The molecule has 0 atom stereocenters. The Kier molecular flexibility index (Phi) is 5.51. The van der Waals surface area contributed by atoms with Crippen molar-refractivity contribution in [1.82, 2.24) is 4.90 Å². The molecule has 0 amide bonds. The van der Waals surface area contributed by atoms with E-state index in [1.807, 2.05) is 20.0 Å². The van der Waals surface area contributed by atoms with Crippen molar-refractivity contribution in [2.45, 2.75) is 53.6 Å². The van der Waals surface area contributed by atoms with Gasteiger partial charge in [-0.25, -0.2) is 0 Å². The Morgan fingerprint density at radius 1 is 1.00 bits per heavy atom. The molecule has 0 aromatic heterocycles. The Hall–Kier alpha value is -0.790. The van der Waals surface area contributed by atoms with Crippen LogP contribution in [0.3, 0.4) is 0 Å². The number of hydrogen-bond acceptors (Lipinski definition) is 2. The predicted molar refractivity (Wildman–Crippen MR) is 61.1 cm³/mol. The zero-order valence-electron chi connectivity index (χ0n) is 10.2. The Morgan fingerprint density at radius 2 is 1.43 bits per heavy atom. The van der Waals surface area contributed by atoms with Crippen LogP contribution in [0.25, 0.3) is 0 Å². The van der Waals surface area contributed by atoms with Gasteiger partial charge in [0.15, 0.2) is 5.78 Å². The van der Waals surface area contributed by atoms with Crippen LogP contribution in [-0.4, -0.2) is 22.8 Å². The van der Waals surface area contributed by atoms with Crippen LogP contribution in [0.5, 0.6) is 0 Å². The molecular formula is C12H23NO. The maximum Gasteiger partial charge on any atom is 0.159 e. The molecule has 0 aliphatic carbocycles. The largest absolute Gasteiger partial charge is 0.372 e. The van der Waals surface area contributed by atoms with Crippen molar-refractivity contribution < 1.29 is 4.79 Å². The van der Waals surface area contributed by atoms with E-state index < -0.39 is 0 Å². The highest BCUT2D eigenvalue weighted by atomic mass is 16.1. The molecule has 0 rings (SSSR count). The smallest absolute Gasteiger partial charge is 0.159 e. The minimum absolute atomic E-state index is 0.0902. The molecule has 82 valence electrons. The number of ketones is 1. The lowest BCUT2D eigenvalue weighted by atomic mass is 10.1. The number of allylic oxidation sites excluding steroid dienone is 1. The number of hydrogen-bond donors (Lipinski definition) is 0. The number of carbonyl (C=O) groups excluding carboxylic acids is 1. The number of carbonyl (C=O) groups is 1. The molecule has 0 aromatic rings. The van der Waals surface area contributed by atoms with E-state index in [2.05, 4.69) is 32.6 Å². The fourth-order valence-electron chi connectivity index (χ4n) is 1.29. The van der Waals surface area contributed by atoms with Crippen molar-refractivity contribution in [3.05, 3.63) is 12.3 Å². The highest BCUT2D eigenvalue weighted by molar-refractivity contribution is 5.91. The van der Waals surface area contributed by atoms with Gasteiger partial charge in [0, 0.05) is 24.2 Å². The van der Waals surface area contributed by atoms with Crippen LogP contribution in [0.4, 0.5) is 0 Å². The van der Waals surface area contributed by atoms with Crippen LogP contribution < -0.4 is 0 Å². The topological polar surface area (TPSA) is 20.3 Å². The molecular weight excluding hydrogens is 174 g/mol. The van der Waals surface area contributed by atoms with Crippen molar-refractivity contribution in [3.63, 3.8) is 0 Å². The first-order chi connectivity index (χ1) is 6.36. The first kappa shape index (κ1) is 13.2. The van der Waals surface area contributed by atoms with E-state index in [1.54, 1.807) is 6.08 Å². The Bertz CT molecular complexity index is 196. The van der Waals surface area contributed by atoms with Gasteiger partial charge in [-0.1, -0.05) is 13.8 Å². The fraction of sp³-hybridized carbons (Fsp3) is 0.750. The molecule has 0 bridgehead atoms. The van der Waals surface area contributed by atoms with Crippen LogP contribution in [-0.2, 0) is 4.79 Å². The van der Waals surface area contributed by atoms with Crippen molar-refractivity contribution in [2.75, 3.05) is 0 Å². The fourth-order valence-corrected chi connectivity index (χ4v) is 1.29. The molecule has 0 aromatic carbocycles. The van der Waals surface area contributed by atoms with Crippen LogP contribution in [0.15, 0.2) is 12.3 Å². The Balaban J connectivity index is 4.37. The molecule has 0 aliphatic heterocycles. The molecule has 0 heterocycles. The van der Waals surface area contributed by atoms with Gasteiger partial charge in [0.25, 0.3) is 0 Å². The minimum Gasteiger partial charge on any atom is -0.372 e. The summed E-state index contributed by atoms with van der Waals surface area (Å²) in [7, 11) is 0. The molecule has 0 spiro atoms. The second kappa shape index (κ2) is 5.84. The van der Waals surface area contributed by atoms with Gasteiger partial charge in [-0.05, 0) is 33.8 Å². The van der Waals surface area contributed by atoms with Crippen LogP contribution in [0.1, 0.15) is 41.5 Å². The van der Waals surface area contributed by atoms with E-state index in [0.29, 0.717) is 12.1 Å². The second-order valence-corrected chi connectivity index (χ2v) is 4.51. The van der Waals surface area contributed by atoms with Crippen LogP contribution >= 0.6 is 0 Å². The van der Waals surface area contributed by atoms with Crippen molar-refractivity contribution in [1.29, 1.82) is 0 Å². The van der Waals surface area contributed by atoms with E-state index in [4.69, 9.17) is 0 Å². The Morgan fingerprint density at radius 3 is 1.71 bits per heavy atom. The lowest BCUT2D eigenvalue weighted by Crippen LogP contribution is -2.32. The highest BCUT2D eigenvalue weighted by Gasteiger charge is 2.09. The normalized spacial score (nSPS) is 12.1. The van der Waals surface area contributed by atoms with E-state index in [0.717, 1.165) is 0 Å². The van der Waals surface area contributed by atoms with E-state index >= 15 is 0 Å². The summed E-state index contributed by atoms with van der Waals surface area (Å²) in [6.07, 6.45) is 3.60. The third-order valence-corrected chi connectivity index (χ3v) is 2.17. The summed E-state index contributed by atoms with van der Waals surface area (Å²) in [4.78, 5) is 13.6. The first-order valence-electron chi connectivity index (χ1n) is 5.35. The second-order valence-electron chi connectivity index (χ2n) is 4.51. The molecule has 0 saturated heterocycles. The van der Waals surface area contributed by atoms with E-state index in [1.165, 1.54) is 0 Å². The summed E-state index contributed by atoms with van der Waals surface area (Å²) in [5, 5.41) is 0. The zero-order chi connectivity index (χ0) is 11.3. The third-order valence-electron chi connectivity index (χ3n) is 2.17. The lowest BCUT2D eigenvalue weighted by molar-refractivity contribution is -0.117. The van der Waals surface area contributed by atoms with Gasteiger partial charge in [-0.3, -0.25) is 4.79 Å². The molecule has 0 radical (unpaired) electrons. The predicted octanol–water partition coefficient (Wildman–Crippen LogP) is 2.84. The SMILES string of the molecule is CC(C)C(=O)C=CN(C(C)C)C(C)C. The van der Waals surface area contributed by atoms with Gasteiger partial charge in [-0.2, -0.15) is 0 Å². The average molecular weight is 197 g/mol. The molecule has 0 fully saturated rings. The highest BCUT2D eigenvalue weighted by Crippen LogP contribution is 2.06. The van der Waals surface area contributed by atoms with E-state index in [9.17, 15) is 4.79 Å². The lowest BCUT2D eigenvalue weighted by Gasteiger charge is -2.29. The molecule has 0 N–H and O–H groups in total. The van der Waals surface area contributed by atoms with Crippen molar-refractivity contribution in [2.24, 2.45) is 5.92 Å². The first-order valence-corrected chi connectivity index (χ1v) is 5.35. The number of rotatable bonds is 5. The number of nitrogens with zero attached hydrogens (tertiary/aromatic N) is 1. The van der Waals surface area contributed by atoms with Gasteiger partial charge in [0.1, 0.15) is 0 Å². The standard InChI is InChI=1S/C12H23NO/c1-9(2)12(14)7-8-13(10(3)4)11(5)6/h7-11H,1-6H3. The monoisotopic (exact) mass is 197 g/mol. The molecule has 2 nitrogen and oxygen atoms in total. The quantitative estimate of drug-likeness (QED) is 0.632.